The Hall–Kier alpha value is -1.16. The van der Waals surface area contributed by atoms with Gasteiger partial charge in [-0.2, -0.15) is 4.37 Å². The number of halogens is 1. The number of nitrogen functional groups attached to an aromatic ring is 1. The molecule has 0 bridgehead atoms. The van der Waals surface area contributed by atoms with Crippen molar-refractivity contribution in [3.63, 3.8) is 0 Å². The third-order valence-corrected chi connectivity index (χ3v) is 2.30. The molecular weight excluding hydrogens is 163 g/mol. The van der Waals surface area contributed by atoms with Crippen LogP contribution in [0.1, 0.15) is 0 Å². The van der Waals surface area contributed by atoms with Crippen molar-refractivity contribution in [3.8, 4) is 0 Å². The minimum Gasteiger partial charge on any atom is -0.382 e. The van der Waals surface area contributed by atoms with Gasteiger partial charge in [-0.3, -0.25) is 0 Å². The second-order valence-electron chi connectivity index (χ2n) is 2.18. The molecule has 0 spiro atoms. The smallest absolute Gasteiger partial charge is 0.147 e. The number of benzene rings is 1. The van der Waals surface area contributed by atoms with Crippen molar-refractivity contribution in [1.82, 2.24) is 4.37 Å². The molecule has 2 aromatic rings. The number of hydrogen-bond acceptors (Lipinski definition) is 3. The summed E-state index contributed by atoms with van der Waals surface area (Å²) in [7, 11) is 0. The van der Waals surface area contributed by atoms with Gasteiger partial charge in [0.05, 0.1) is 10.1 Å². The fourth-order valence-electron chi connectivity index (χ4n) is 0.973. The van der Waals surface area contributed by atoms with E-state index in [0.29, 0.717) is 5.39 Å². The first-order valence-electron chi connectivity index (χ1n) is 3.08. The van der Waals surface area contributed by atoms with Crippen LogP contribution in [0.25, 0.3) is 10.1 Å². The minimum atomic E-state index is -0.297. The maximum absolute atomic E-state index is 13.0. The fourth-order valence-corrected chi connectivity index (χ4v) is 1.69. The van der Waals surface area contributed by atoms with Gasteiger partial charge in [-0.15, -0.1) is 0 Å². The van der Waals surface area contributed by atoms with Crippen LogP contribution in [0.5, 0.6) is 0 Å². The van der Waals surface area contributed by atoms with Crippen molar-refractivity contribution >= 4 is 27.4 Å². The van der Waals surface area contributed by atoms with Crippen molar-refractivity contribution in [2.75, 3.05) is 5.73 Å². The SMILES string of the molecule is Nc1nsc2cccc(F)c12. The van der Waals surface area contributed by atoms with Gasteiger partial charge >= 0.3 is 0 Å². The molecule has 0 atom stereocenters. The molecule has 0 saturated carbocycles. The van der Waals surface area contributed by atoms with Crippen LogP contribution < -0.4 is 5.73 Å². The van der Waals surface area contributed by atoms with Crippen LogP contribution >= 0.6 is 11.5 Å². The molecule has 56 valence electrons. The topological polar surface area (TPSA) is 38.9 Å². The van der Waals surface area contributed by atoms with E-state index in [0.717, 1.165) is 4.70 Å². The summed E-state index contributed by atoms with van der Waals surface area (Å²) in [6, 6.07) is 4.83. The monoisotopic (exact) mass is 168 g/mol. The van der Waals surface area contributed by atoms with Gasteiger partial charge in [-0.05, 0) is 23.7 Å². The largest absolute Gasteiger partial charge is 0.382 e. The van der Waals surface area contributed by atoms with E-state index >= 15 is 0 Å². The van der Waals surface area contributed by atoms with E-state index < -0.39 is 0 Å². The quantitative estimate of drug-likeness (QED) is 0.653. The van der Waals surface area contributed by atoms with Gasteiger partial charge in [0, 0.05) is 0 Å². The van der Waals surface area contributed by atoms with E-state index in [1.807, 2.05) is 0 Å². The van der Waals surface area contributed by atoms with E-state index in [2.05, 4.69) is 4.37 Å². The van der Waals surface area contributed by atoms with Crippen LogP contribution in [0.15, 0.2) is 18.2 Å². The van der Waals surface area contributed by atoms with Gasteiger partial charge in [0.2, 0.25) is 0 Å². The molecule has 1 aromatic heterocycles. The molecule has 11 heavy (non-hydrogen) atoms. The zero-order valence-corrected chi connectivity index (χ0v) is 6.36. The van der Waals surface area contributed by atoms with Crippen LogP contribution in [0.2, 0.25) is 0 Å². The lowest BCUT2D eigenvalue weighted by Crippen LogP contribution is -1.85. The first kappa shape index (κ1) is 6.54. The maximum Gasteiger partial charge on any atom is 0.147 e. The second kappa shape index (κ2) is 2.17. The Bertz CT molecular complexity index is 396. The van der Waals surface area contributed by atoms with Gasteiger partial charge in [0.15, 0.2) is 0 Å². The van der Waals surface area contributed by atoms with Crippen LogP contribution in [0.3, 0.4) is 0 Å². The van der Waals surface area contributed by atoms with Gasteiger partial charge in [0.1, 0.15) is 11.6 Å². The Labute approximate surface area is 66.6 Å². The van der Waals surface area contributed by atoms with Crippen LogP contribution in [-0.2, 0) is 0 Å². The predicted octanol–water partition coefficient (Wildman–Crippen LogP) is 2.02. The molecule has 2 N–H and O–H groups in total. The van der Waals surface area contributed by atoms with E-state index in [1.54, 1.807) is 12.1 Å². The fraction of sp³-hybridized carbons (Fsp3) is 0. The number of aromatic nitrogens is 1. The molecular formula is C7H5FN2S. The van der Waals surface area contributed by atoms with Gasteiger partial charge in [0.25, 0.3) is 0 Å². The predicted molar refractivity (Wildman–Crippen MR) is 44.0 cm³/mol. The summed E-state index contributed by atoms with van der Waals surface area (Å²) in [5, 5.41) is 0.442. The summed E-state index contributed by atoms with van der Waals surface area (Å²) < 4.78 is 17.6. The average Bonchev–Trinajstić information content (AvgIpc) is 2.34. The highest BCUT2D eigenvalue weighted by atomic mass is 32.1. The molecule has 2 rings (SSSR count). The minimum absolute atomic E-state index is 0.281. The van der Waals surface area contributed by atoms with Gasteiger partial charge < -0.3 is 5.73 Å². The lowest BCUT2D eigenvalue weighted by Gasteiger charge is -1.89. The van der Waals surface area contributed by atoms with Crippen molar-refractivity contribution in [2.24, 2.45) is 0 Å². The normalized spacial score (nSPS) is 10.6. The van der Waals surface area contributed by atoms with Crippen molar-refractivity contribution in [2.45, 2.75) is 0 Å². The van der Waals surface area contributed by atoms with Gasteiger partial charge in [-0.25, -0.2) is 4.39 Å². The lowest BCUT2D eigenvalue weighted by molar-refractivity contribution is 0.640. The van der Waals surface area contributed by atoms with E-state index in [9.17, 15) is 4.39 Å². The zero-order valence-electron chi connectivity index (χ0n) is 5.54. The summed E-state index contributed by atoms with van der Waals surface area (Å²) in [5.74, 6) is -0.0168. The first-order valence-corrected chi connectivity index (χ1v) is 3.86. The standard InChI is InChI=1S/C7H5FN2S/c8-4-2-1-3-5-6(4)7(9)10-11-5/h1-3H,(H2,9,10). The lowest BCUT2D eigenvalue weighted by atomic mass is 10.2. The molecule has 0 amide bonds. The molecule has 0 radical (unpaired) electrons. The molecule has 0 fully saturated rings. The molecule has 2 nitrogen and oxygen atoms in total. The van der Waals surface area contributed by atoms with E-state index in [-0.39, 0.29) is 11.6 Å². The summed E-state index contributed by atoms with van der Waals surface area (Å²) in [6.07, 6.45) is 0. The molecule has 0 aliphatic carbocycles. The van der Waals surface area contributed by atoms with Crippen molar-refractivity contribution in [3.05, 3.63) is 24.0 Å². The summed E-state index contributed by atoms with van der Waals surface area (Å²) in [6.45, 7) is 0. The highest BCUT2D eigenvalue weighted by molar-refractivity contribution is 7.13. The van der Waals surface area contributed by atoms with Crippen LogP contribution in [0.4, 0.5) is 10.2 Å². The Morgan fingerprint density at radius 3 is 3.00 bits per heavy atom. The summed E-state index contributed by atoms with van der Waals surface area (Å²) in [4.78, 5) is 0. The average molecular weight is 168 g/mol. The molecule has 0 unspecified atom stereocenters. The number of nitrogens with zero attached hydrogens (tertiary/aromatic N) is 1. The Kier molecular flexibility index (Phi) is 1.29. The van der Waals surface area contributed by atoms with Crippen LogP contribution in [-0.4, -0.2) is 4.37 Å². The maximum atomic E-state index is 13.0. The zero-order chi connectivity index (χ0) is 7.84. The van der Waals surface area contributed by atoms with E-state index in [1.165, 1.54) is 17.6 Å². The Morgan fingerprint density at radius 2 is 2.27 bits per heavy atom. The third-order valence-electron chi connectivity index (χ3n) is 1.47. The highest BCUT2D eigenvalue weighted by Crippen LogP contribution is 2.26. The molecule has 1 heterocycles. The number of hydrogen-bond donors (Lipinski definition) is 1. The van der Waals surface area contributed by atoms with Gasteiger partial charge in [-0.1, -0.05) is 6.07 Å². The Balaban J connectivity index is 2.96. The Morgan fingerprint density at radius 1 is 1.45 bits per heavy atom. The second-order valence-corrected chi connectivity index (χ2v) is 2.99. The van der Waals surface area contributed by atoms with Crippen molar-refractivity contribution in [1.29, 1.82) is 0 Å². The summed E-state index contributed by atoms with van der Waals surface area (Å²) in [5.41, 5.74) is 5.44. The number of rotatable bonds is 0. The highest BCUT2D eigenvalue weighted by Gasteiger charge is 2.06. The number of nitrogens with two attached hydrogens (primary N) is 1. The molecule has 4 heteroatoms. The van der Waals surface area contributed by atoms with Crippen molar-refractivity contribution < 1.29 is 4.39 Å². The number of anilines is 1. The van der Waals surface area contributed by atoms with E-state index in [4.69, 9.17) is 5.73 Å². The number of fused-ring (bicyclic) bond motifs is 1. The molecule has 1 aromatic carbocycles. The van der Waals surface area contributed by atoms with Crippen LogP contribution in [0, 0.1) is 5.82 Å². The molecule has 0 saturated heterocycles. The third kappa shape index (κ3) is 0.867. The first-order chi connectivity index (χ1) is 5.29. The molecule has 0 aliphatic rings. The molecule has 0 aliphatic heterocycles. The summed E-state index contributed by atoms with van der Waals surface area (Å²) >= 11 is 1.21.